The quantitative estimate of drug-likeness (QED) is 0.815. The lowest BCUT2D eigenvalue weighted by atomic mass is 10.1. The zero-order valence-corrected chi connectivity index (χ0v) is 14.1. The van der Waals surface area contributed by atoms with Crippen molar-refractivity contribution in [3.63, 3.8) is 0 Å². The predicted molar refractivity (Wildman–Crippen MR) is 84.9 cm³/mol. The summed E-state index contributed by atoms with van der Waals surface area (Å²) in [5.74, 6) is 0.638. The maximum absolute atomic E-state index is 4.47. The van der Waals surface area contributed by atoms with Gasteiger partial charge in [0.25, 0.3) is 0 Å². The standard InChI is InChI=1S/C15H23N5Si/c1-12-8-16-9-14(17-12)4-6-20-10-15(18-19-20)13-5-7-21(2,3)11-13/h8-10,13H,4-7,11H2,1-3H3. The summed E-state index contributed by atoms with van der Waals surface area (Å²) in [6.07, 6.45) is 7.88. The van der Waals surface area contributed by atoms with E-state index in [2.05, 4.69) is 39.6 Å². The Kier molecular flexibility index (Phi) is 3.88. The van der Waals surface area contributed by atoms with E-state index in [4.69, 9.17) is 0 Å². The summed E-state index contributed by atoms with van der Waals surface area (Å²) in [6, 6.07) is 2.78. The van der Waals surface area contributed by atoms with Crippen LogP contribution in [0.25, 0.3) is 0 Å². The highest BCUT2D eigenvalue weighted by Crippen LogP contribution is 2.40. The first kappa shape index (κ1) is 14.4. The lowest BCUT2D eigenvalue weighted by molar-refractivity contribution is 0.582. The van der Waals surface area contributed by atoms with Gasteiger partial charge in [-0.25, -0.2) is 0 Å². The van der Waals surface area contributed by atoms with Crippen LogP contribution in [0.2, 0.25) is 25.2 Å². The van der Waals surface area contributed by atoms with Gasteiger partial charge in [0, 0.05) is 45.5 Å². The molecular formula is C15H23N5Si. The van der Waals surface area contributed by atoms with E-state index in [9.17, 15) is 0 Å². The highest BCUT2D eigenvalue weighted by Gasteiger charge is 2.34. The maximum atomic E-state index is 4.47. The van der Waals surface area contributed by atoms with Gasteiger partial charge in [0.05, 0.1) is 17.1 Å². The Morgan fingerprint density at radius 2 is 2.19 bits per heavy atom. The van der Waals surface area contributed by atoms with Crippen LogP contribution >= 0.6 is 0 Å². The molecular weight excluding hydrogens is 278 g/mol. The molecule has 2 aromatic rings. The number of hydrogen-bond acceptors (Lipinski definition) is 4. The van der Waals surface area contributed by atoms with Crippen LogP contribution in [-0.4, -0.2) is 33.0 Å². The van der Waals surface area contributed by atoms with Crippen molar-refractivity contribution in [1.82, 2.24) is 25.0 Å². The van der Waals surface area contributed by atoms with Gasteiger partial charge in [0.15, 0.2) is 0 Å². The van der Waals surface area contributed by atoms with Crippen LogP contribution in [0.3, 0.4) is 0 Å². The molecule has 0 N–H and O–H groups in total. The van der Waals surface area contributed by atoms with Crippen LogP contribution in [0.5, 0.6) is 0 Å². The van der Waals surface area contributed by atoms with Gasteiger partial charge in [-0.1, -0.05) is 24.4 Å². The van der Waals surface area contributed by atoms with Crippen LogP contribution in [0.15, 0.2) is 18.6 Å². The molecule has 1 saturated heterocycles. The molecule has 21 heavy (non-hydrogen) atoms. The highest BCUT2D eigenvalue weighted by molar-refractivity contribution is 6.78. The Hall–Kier alpha value is -1.56. The summed E-state index contributed by atoms with van der Waals surface area (Å²) in [5.41, 5.74) is 3.16. The molecule has 1 aliphatic rings. The Labute approximate surface area is 126 Å². The van der Waals surface area contributed by atoms with Crippen molar-refractivity contribution < 1.29 is 0 Å². The minimum atomic E-state index is -0.949. The normalized spacial score (nSPS) is 20.8. The molecule has 0 amide bonds. The minimum absolute atomic E-state index is 0.638. The second kappa shape index (κ2) is 5.67. The Morgan fingerprint density at radius 1 is 1.33 bits per heavy atom. The SMILES string of the molecule is Cc1cncc(CCn2cc(C3CC[Si](C)(C)C3)nn2)n1. The summed E-state index contributed by atoms with van der Waals surface area (Å²) in [4.78, 5) is 8.65. The average molecular weight is 301 g/mol. The van der Waals surface area contributed by atoms with Crippen molar-refractivity contribution in [3.8, 4) is 0 Å². The second-order valence-electron chi connectivity index (χ2n) is 6.91. The monoisotopic (exact) mass is 301 g/mol. The first-order valence-corrected chi connectivity index (χ1v) is 11.1. The van der Waals surface area contributed by atoms with Crippen molar-refractivity contribution in [2.75, 3.05) is 0 Å². The van der Waals surface area contributed by atoms with Gasteiger partial charge in [-0.05, 0) is 19.4 Å². The van der Waals surface area contributed by atoms with Crippen LogP contribution in [0, 0.1) is 6.92 Å². The van der Waals surface area contributed by atoms with Crippen molar-refractivity contribution in [1.29, 1.82) is 0 Å². The third kappa shape index (κ3) is 3.55. The minimum Gasteiger partial charge on any atom is -0.261 e. The largest absolute Gasteiger partial charge is 0.261 e. The summed E-state index contributed by atoms with van der Waals surface area (Å²) in [7, 11) is -0.949. The number of nitrogens with zero attached hydrogens (tertiary/aromatic N) is 5. The fourth-order valence-electron chi connectivity index (χ4n) is 3.16. The smallest absolute Gasteiger partial charge is 0.0855 e. The van der Waals surface area contributed by atoms with Crippen LogP contribution in [0.4, 0.5) is 0 Å². The van der Waals surface area contributed by atoms with E-state index in [1.807, 2.05) is 17.8 Å². The first-order valence-electron chi connectivity index (χ1n) is 7.69. The van der Waals surface area contributed by atoms with Crippen LogP contribution < -0.4 is 0 Å². The van der Waals surface area contributed by atoms with E-state index in [0.29, 0.717) is 5.92 Å². The van der Waals surface area contributed by atoms with Crippen molar-refractivity contribution in [2.24, 2.45) is 0 Å². The first-order chi connectivity index (χ1) is 10.0. The fourth-order valence-corrected chi connectivity index (χ4v) is 6.24. The molecule has 2 aromatic heterocycles. The highest BCUT2D eigenvalue weighted by atomic mass is 28.3. The van der Waals surface area contributed by atoms with E-state index in [0.717, 1.165) is 24.4 Å². The zero-order chi connectivity index (χ0) is 14.9. The molecule has 0 aliphatic carbocycles. The van der Waals surface area contributed by atoms with Crippen LogP contribution in [0.1, 0.15) is 29.4 Å². The third-order valence-corrected chi connectivity index (χ3v) is 7.59. The summed E-state index contributed by atoms with van der Waals surface area (Å²) >= 11 is 0. The summed E-state index contributed by atoms with van der Waals surface area (Å²) < 4.78 is 1.95. The molecule has 1 unspecified atom stereocenters. The maximum Gasteiger partial charge on any atom is 0.0855 e. The molecule has 1 aliphatic heterocycles. The Bertz CT molecular complexity index is 622. The van der Waals surface area contributed by atoms with Gasteiger partial charge in [0.2, 0.25) is 0 Å². The lowest BCUT2D eigenvalue weighted by Gasteiger charge is -2.13. The number of hydrogen-bond donors (Lipinski definition) is 0. The predicted octanol–water partition coefficient (Wildman–Crippen LogP) is 2.81. The number of rotatable bonds is 4. The molecule has 1 fully saturated rings. The molecule has 6 heteroatoms. The molecule has 0 bridgehead atoms. The van der Waals surface area contributed by atoms with Gasteiger partial charge in [-0.3, -0.25) is 14.6 Å². The molecule has 3 heterocycles. The molecule has 0 spiro atoms. The second-order valence-corrected chi connectivity index (χ2v) is 12.1. The zero-order valence-electron chi connectivity index (χ0n) is 13.1. The summed E-state index contributed by atoms with van der Waals surface area (Å²) in [6.45, 7) is 7.75. The molecule has 0 aromatic carbocycles. The van der Waals surface area contributed by atoms with Gasteiger partial charge in [0.1, 0.15) is 0 Å². The van der Waals surface area contributed by atoms with Gasteiger partial charge < -0.3 is 0 Å². The van der Waals surface area contributed by atoms with Crippen molar-refractivity contribution >= 4 is 8.07 Å². The van der Waals surface area contributed by atoms with E-state index < -0.39 is 8.07 Å². The molecule has 112 valence electrons. The number of aryl methyl sites for hydroxylation is 3. The van der Waals surface area contributed by atoms with Crippen molar-refractivity contribution in [2.45, 2.75) is 57.4 Å². The lowest BCUT2D eigenvalue weighted by Crippen LogP contribution is -2.19. The Balaban J connectivity index is 1.61. The van der Waals surface area contributed by atoms with Gasteiger partial charge in [-0.2, -0.15) is 0 Å². The Morgan fingerprint density at radius 3 is 2.90 bits per heavy atom. The van der Waals surface area contributed by atoms with Crippen molar-refractivity contribution in [3.05, 3.63) is 35.7 Å². The molecule has 1 atom stereocenters. The molecule has 0 radical (unpaired) electrons. The van der Waals surface area contributed by atoms with E-state index in [1.54, 1.807) is 6.20 Å². The third-order valence-electron chi connectivity index (χ3n) is 4.35. The van der Waals surface area contributed by atoms with E-state index in [1.165, 1.54) is 24.2 Å². The fraction of sp³-hybridized carbons (Fsp3) is 0.600. The van der Waals surface area contributed by atoms with Gasteiger partial charge in [-0.15, -0.1) is 5.10 Å². The van der Waals surface area contributed by atoms with Gasteiger partial charge >= 0.3 is 0 Å². The molecule has 3 rings (SSSR count). The summed E-state index contributed by atoms with van der Waals surface area (Å²) in [5, 5.41) is 8.67. The molecule has 5 nitrogen and oxygen atoms in total. The average Bonchev–Trinajstić information content (AvgIpc) is 3.03. The topological polar surface area (TPSA) is 56.5 Å². The van der Waals surface area contributed by atoms with E-state index in [-0.39, 0.29) is 0 Å². The van der Waals surface area contributed by atoms with E-state index >= 15 is 0 Å². The number of aromatic nitrogens is 5. The van der Waals surface area contributed by atoms with Crippen LogP contribution in [-0.2, 0) is 13.0 Å². The molecule has 0 saturated carbocycles.